The molecule has 1 aliphatic heterocycles. The fourth-order valence-electron chi connectivity index (χ4n) is 3.87. The van der Waals surface area contributed by atoms with E-state index < -0.39 is 0 Å². The van der Waals surface area contributed by atoms with Gasteiger partial charge >= 0.3 is 0 Å². The van der Waals surface area contributed by atoms with Crippen LogP contribution < -0.4 is 5.32 Å². The number of carbonyl (C=O) groups is 2. The molecule has 3 aliphatic rings. The molecule has 2 N–H and O–H groups in total. The standard InChI is InChI=1S/C16H16N2O3/c19-12-5-3-11(4-6-12)17-8-18-15(20)13-9-1-2-10(7-9)14(13)16(18)21/h1-6,9-10,13-14,17,19H,7-8H2/t9-,10-,13-,14-/m0/s1. The molecular formula is C16H16N2O3. The van der Waals surface area contributed by atoms with Crippen LogP contribution in [0.5, 0.6) is 5.75 Å². The maximum absolute atomic E-state index is 12.5. The fourth-order valence-corrected chi connectivity index (χ4v) is 3.87. The summed E-state index contributed by atoms with van der Waals surface area (Å²) in [6.07, 6.45) is 5.13. The van der Waals surface area contributed by atoms with E-state index >= 15 is 0 Å². The summed E-state index contributed by atoms with van der Waals surface area (Å²) in [5.41, 5.74) is 0.770. The highest BCUT2D eigenvalue weighted by molar-refractivity contribution is 6.06. The van der Waals surface area contributed by atoms with Gasteiger partial charge in [-0.25, -0.2) is 0 Å². The number of allylic oxidation sites excluding steroid dienone is 2. The Morgan fingerprint density at radius 3 is 2.19 bits per heavy atom. The summed E-state index contributed by atoms with van der Waals surface area (Å²) >= 11 is 0. The summed E-state index contributed by atoms with van der Waals surface area (Å²) in [4.78, 5) is 26.2. The Kier molecular flexibility index (Phi) is 2.58. The van der Waals surface area contributed by atoms with Crippen LogP contribution in [0.15, 0.2) is 36.4 Å². The number of imide groups is 1. The Morgan fingerprint density at radius 1 is 1.05 bits per heavy atom. The molecule has 4 rings (SSSR count). The van der Waals surface area contributed by atoms with E-state index in [1.807, 2.05) is 0 Å². The predicted molar refractivity (Wildman–Crippen MR) is 76.2 cm³/mol. The van der Waals surface area contributed by atoms with Crippen LogP contribution in [0, 0.1) is 23.7 Å². The van der Waals surface area contributed by atoms with Gasteiger partial charge in [-0.05, 0) is 42.5 Å². The molecule has 2 fully saturated rings. The molecule has 4 atom stereocenters. The van der Waals surface area contributed by atoms with Crippen molar-refractivity contribution < 1.29 is 14.7 Å². The molecule has 1 aromatic carbocycles. The second-order valence-corrected chi connectivity index (χ2v) is 5.99. The van der Waals surface area contributed by atoms with Crippen molar-refractivity contribution in [2.24, 2.45) is 23.7 Å². The molecule has 0 unspecified atom stereocenters. The van der Waals surface area contributed by atoms with Gasteiger partial charge < -0.3 is 10.4 Å². The number of nitrogens with one attached hydrogen (secondary N) is 1. The lowest BCUT2D eigenvalue weighted by Crippen LogP contribution is -2.37. The molecule has 0 aromatic heterocycles. The molecule has 1 saturated carbocycles. The van der Waals surface area contributed by atoms with E-state index in [-0.39, 0.29) is 47.9 Å². The van der Waals surface area contributed by atoms with E-state index in [2.05, 4.69) is 17.5 Å². The normalized spacial score (nSPS) is 32.9. The van der Waals surface area contributed by atoms with Gasteiger partial charge in [0.2, 0.25) is 11.8 Å². The van der Waals surface area contributed by atoms with Crippen LogP contribution in [0.2, 0.25) is 0 Å². The summed E-state index contributed by atoms with van der Waals surface area (Å²) in [5, 5.41) is 12.3. The predicted octanol–water partition coefficient (Wildman–Crippen LogP) is 1.57. The lowest BCUT2D eigenvalue weighted by Gasteiger charge is -2.18. The van der Waals surface area contributed by atoms with Gasteiger partial charge in [-0.3, -0.25) is 14.5 Å². The lowest BCUT2D eigenvalue weighted by molar-refractivity contribution is -0.140. The van der Waals surface area contributed by atoms with E-state index in [4.69, 9.17) is 0 Å². The topological polar surface area (TPSA) is 69.6 Å². The largest absolute Gasteiger partial charge is 0.508 e. The number of amides is 2. The Morgan fingerprint density at radius 2 is 1.62 bits per heavy atom. The first kappa shape index (κ1) is 12.4. The van der Waals surface area contributed by atoms with Crippen molar-refractivity contribution in [1.82, 2.24) is 4.90 Å². The van der Waals surface area contributed by atoms with Gasteiger partial charge in [0.25, 0.3) is 0 Å². The average Bonchev–Trinajstić information content (AvgIpc) is 3.14. The van der Waals surface area contributed by atoms with Crippen molar-refractivity contribution in [1.29, 1.82) is 0 Å². The SMILES string of the molecule is O=C1[C@@H]2[C@@H](C(=O)N1CNc1ccc(O)cc1)[C@H]1C=C[C@H]2C1. The third kappa shape index (κ3) is 1.77. The van der Waals surface area contributed by atoms with E-state index in [1.165, 1.54) is 4.90 Å². The number of hydrogen-bond donors (Lipinski definition) is 2. The third-order valence-electron chi connectivity index (χ3n) is 4.87. The number of anilines is 1. The van der Waals surface area contributed by atoms with Crippen molar-refractivity contribution in [3.8, 4) is 5.75 Å². The number of hydrogen-bond acceptors (Lipinski definition) is 4. The number of carbonyl (C=O) groups excluding carboxylic acids is 2. The number of nitrogens with zero attached hydrogens (tertiary/aromatic N) is 1. The zero-order chi connectivity index (χ0) is 14.6. The molecule has 2 bridgehead atoms. The van der Waals surface area contributed by atoms with Crippen molar-refractivity contribution in [3.63, 3.8) is 0 Å². The number of phenolic OH excluding ortho intramolecular Hbond substituents is 1. The van der Waals surface area contributed by atoms with Gasteiger partial charge in [-0.2, -0.15) is 0 Å². The Labute approximate surface area is 122 Å². The molecule has 2 amide bonds. The van der Waals surface area contributed by atoms with Crippen LogP contribution >= 0.6 is 0 Å². The van der Waals surface area contributed by atoms with Crippen LogP contribution in [0.1, 0.15) is 6.42 Å². The number of benzene rings is 1. The summed E-state index contributed by atoms with van der Waals surface area (Å²) < 4.78 is 0. The number of likely N-dealkylation sites (tertiary alicyclic amines) is 1. The third-order valence-corrected chi connectivity index (χ3v) is 4.87. The zero-order valence-corrected chi connectivity index (χ0v) is 11.4. The molecule has 21 heavy (non-hydrogen) atoms. The van der Waals surface area contributed by atoms with Crippen LogP contribution in [-0.2, 0) is 9.59 Å². The van der Waals surface area contributed by atoms with Crippen LogP contribution in [0.4, 0.5) is 5.69 Å². The van der Waals surface area contributed by atoms with E-state index in [0.717, 1.165) is 12.1 Å². The van der Waals surface area contributed by atoms with Crippen molar-refractivity contribution >= 4 is 17.5 Å². The van der Waals surface area contributed by atoms with Gasteiger partial charge in [0.15, 0.2) is 0 Å². The minimum atomic E-state index is -0.144. The smallest absolute Gasteiger partial charge is 0.235 e. The maximum atomic E-state index is 12.5. The minimum absolute atomic E-state index is 0.0480. The van der Waals surface area contributed by atoms with E-state index in [0.29, 0.717) is 0 Å². The quantitative estimate of drug-likeness (QED) is 0.502. The van der Waals surface area contributed by atoms with Gasteiger partial charge in [0.05, 0.1) is 18.5 Å². The molecule has 1 saturated heterocycles. The molecule has 1 heterocycles. The second kappa shape index (κ2) is 4.35. The molecule has 5 heteroatoms. The highest BCUT2D eigenvalue weighted by Gasteiger charge is 2.59. The number of aromatic hydroxyl groups is 1. The minimum Gasteiger partial charge on any atom is -0.508 e. The average molecular weight is 284 g/mol. The summed E-state index contributed by atoms with van der Waals surface area (Å²) in [7, 11) is 0. The van der Waals surface area contributed by atoms with E-state index in [9.17, 15) is 14.7 Å². The molecule has 2 aliphatic carbocycles. The van der Waals surface area contributed by atoms with Crippen LogP contribution in [-0.4, -0.2) is 28.5 Å². The van der Waals surface area contributed by atoms with Gasteiger partial charge in [0, 0.05) is 5.69 Å². The number of phenols is 1. The van der Waals surface area contributed by atoms with Gasteiger partial charge in [0.1, 0.15) is 5.75 Å². The van der Waals surface area contributed by atoms with Gasteiger partial charge in [-0.15, -0.1) is 0 Å². The first-order valence-electron chi connectivity index (χ1n) is 7.21. The molecule has 108 valence electrons. The Hall–Kier alpha value is -2.30. The zero-order valence-electron chi connectivity index (χ0n) is 11.4. The lowest BCUT2D eigenvalue weighted by atomic mass is 9.85. The van der Waals surface area contributed by atoms with E-state index in [1.54, 1.807) is 24.3 Å². The van der Waals surface area contributed by atoms with Crippen molar-refractivity contribution in [2.45, 2.75) is 6.42 Å². The molecule has 0 spiro atoms. The maximum Gasteiger partial charge on any atom is 0.235 e. The summed E-state index contributed by atoms with van der Waals surface area (Å²) in [5.74, 6) is 0.292. The Bertz CT molecular complexity index is 607. The molecule has 0 radical (unpaired) electrons. The number of rotatable bonds is 3. The van der Waals surface area contributed by atoms with Crippen LogP contribution in [0.3, 0.4) is 0 Å². The Balaban J connectivity index is 1.48. The monoisotopic (exact) mass is 284 g/mol. The fraction of sp³-hybridized carbons (Fsp3) is 0.375. The molecule has 1 aromatic rings. The van der Waals surface area contributed by atoms with Crippen molar-refractivity contribution in [3.05, 3.63) is 36.4 Å². The second-order valence-electron chi connectivity index (χ2n) is 5.99. The molecule has 5 nitrogen and oxygen atoms in total. The summed E-state index contributed by atoms with van der Waals surface area (Å²) in [6.45, 7) is 0.189. The number of fused-ring (bicyclic) bond motifs is 5. The van der Waals surface area contributed by atoms with Crippen LogP contribution in [0.25, 0.3) is 0 Å². The first-order valence-corrected chi connectivity index (χ1v) is 7.21. The highest BCUT2D eigenvalue weighted by atomic mass is 16.3. The first-order chi connectivity index (χ1) is 10.1. The van der Waals surface area contributed by atoms with Gasteiger partial charge in [-0.1, -0.05) is 12.2 Å². The van der Waals surface area contributed by atoms with Crippen molar-refractivity contribution in [2.75, 3.05) is 12.0 Å². The summed E-state index contributed by atoms with van der Waals surface area (Å²) in [6, 6.07) is 6.56. The molecular weight excluding hydrogens is 268 g/mol. The highest BCUT2D eigenvalue weighted by Crippen LogP contribution is 2.52.